The van der Waals surface area contributed by atoms with Gasteiger partial charge in [-0.3, -0.25) is 19.9 Å². The van der Waals surface area contributed by atoms with Crippen molar-refractivity contribution >= 4 is 75.2 Å². The van der Waals surface area contributed by atoms with Crippen LogP contribution in [0, 0.1) is 0 Å². The van der Waals surface area contributed by atoms with Crippen molar-refractivity contribution in [3.63, 3.8) is 0 Å². The van der Waals surface area contributed by atoms with Gasteiger partial charge in [0.05, 0.1) is 11.2 Å². The summed E-state index contributed by atoms with van der Waals surface area (Å²) in [6.07, 6.45) is 3.23. The fourth-order valence-corrected chi connectivity index (χ4v) is 7.30. The van der Waals surface area contributed by atoms with Gasteiger partial charge in [-0.25, -0.2) is 35.4 Å². The third kappa shape index (κ3) is 5.34. The van der Waals surface area contributed by atoms with Crippen LogP contribution in [0.5, 0.6) is 0 Å². The second kappa shape index (κ2) is 11.4. The minimum atomic E-state index is -1.26. The number of β-lactam (4-membered cyclic amide) rings is 1. The van der Waals surface area contributed by atoms with Crippen molar-refractivity contribution in [3.8, 4) is 0 Å². The van der Waals surface area contributed by atoms with Gasteiger partial charge in [0, 0.05) is 22.6 Å². The van der Waals surface area contributed by atoms with Crippen molar-refractivity contribution in [1.29, 1.82) is 0 Å². The van der Waals surface area contributed by atoms with Crippen molar-refractivity contribution in [2.24, 2.45) is 16.0 Å². The van der Waals surface area contributed by atoms with Gasteiger partial charge in [-0.2, -0.15) is 0 Å². The van der Waals surface area contributed by atoms with Gasteiger partial charge in [-0.15, -0.1) is 40.4 Å². The van der Waals surface area contributed by atoms with E-state index in [9.17, 15) is 24.3 Å². The Kier molecular flexibility index (Phi) is 7.91. The first kappa shape index (κ1) is 28.4. The summed E-state index contributed by atoms with van der Waals surface area (Å²) in [7, 11) is 1.26. The number of urea groups is 1. The number of carboxylic acids is 1. The molecule has 0 aromatic carbocycles. The molecule has 1 saturated heterocycles. The summed E-state index contributed by atoms with van der Waals surface area (Å²) in [5.74, 6) is 3.64. The van der Waals surface area contributed by atoms with E-state index in [1.807, 2.05) is 5.43 Å². The monoisotopic (exact) mass is 621 g/mol. The maximum atomic E-state index is 13.1. The lowest BCUT2D eigenvalue weighted by molar-refractivity contribution is -0.150. The van der Waals surface area contributed by atoms with Crippen molar-refractivity contribution in [2.45, 2.75) is 18.3 Å². The van der Waals surface area contributed by atoms with E-state index in [4.69, 9.17) is 16.4 Å². The summed E-state index contributed by atoms with van der Waals surface area (Å²) >= 11 is 3.74. The van der Waals surface area contributed by atoms with Gasteiger partial charge in [-0.1, -0.05) is 5.16 Å². The van der Waals surface area contributed by atoms with Crippen LogP contribution in [0.2, 0.25) is 0 Å². The summed E-state index contributed by atoms with van der Waals surface area (Å²) in [4.78, 5) is 64.7. The number of aliphatic imine (C=N–C) groups is 1. The molecule has 20 heteroatoms. The van der Waals surface area contributed by atoms with Crippen LogP contribution in [0.3, 0.4) is 0 Å². The molecule has 0 bridgehead atoms. The predicted octanol–water partition coefficient (Wildman–Crippen LogP) is -0.717. The van der Waals surface area contributed by atoms with Gasteiger partial charge in [0.25, 0.3) is 11.8 Å². The molecule has 0 spiro atoms. The molecule has 41 heavy (non-hydrogen) atoms. The fourth-order valence-electron chi connectivity index (χ4n) is 4.20. The summed E-state index contributed by atoms with van der Waals surface area (Å²) in [5.41, 5.74) is 11.6. The predicted molar refractivity (Wildman–Crippen MR) is 151 cm³/mol. The van der Waals surface area contributed by atoms with Gasteiger partial charge >= 0.3 is 12.0 Å². The summed E-state index contributed by atoms with van der Waals surface area (Å²) in [6.45, 7) is 1.78. The molecule has 0 saturated carbocycles. The number of carboxylic acid groups (broad SMARTS) is 1. The molecule has 0 unspecified atom stereocenters. The Bertz CT molecular complexity index is 1480. The molecular weight excluding hydrogens is 599 g/mol. The minimum Gasteiger partial charge on any atom is -0.477 e. The Balaban J connectivity index is 1.29. The first-order valence-corrected chi connectivity index (χ1v) is 14.6. The highest BCUT2D eigenvalue weighted by Crippen LogP contribution is 2.42. The van der Waals surface area contributed by atoms with Crippen LogP contribution in [0.1, 0.15) is 12.6 Å². The highest BCUT2D eigenvalue weighted by Gasteiger charge is 2.54. The SMILES string of the molecule is CON=C(C(=O)N[C@@H]1C(=O)N2C(C(=O)O)=C(CSC3=CC(C)=NC4=CN(C(=O)NN)NN43)CS[C@H]12)c1csc(N)n1. The number of carbonyl (C=O) groups excluding carboxylic acids is 3. The molecule has 0 radical (unpaired) electrons. The van der Waals surface area contributed by atoms with E-state index in [0.29, 0.717) is 27.9 Å². The number of nitrogens with one attached hydrogen (secondary N) is 3. The molecule has 216 valence electrons. The number of nitrogen functional groups attached to an aromatic ring is 1. The third-order valence-electron chi connectivity index (χ3n) is 5.96. The Morgan fingerprint density at radius 3 is 2.83 bits per heavy atom. The molecule has 0 aliphatic carbocycles. The van der Waals surface area contributed by atoms with Gasteiger partial charge < -0.3 is 21.0 Å². The van der Waals surface area contributed by atoms with E-state index in [0.717, 1.165) is 16.3 Å². The smallest absolute Gasteiger partial charge is 0.352 e. The number of allylic oxidation sites excluding steroid dienone is 1. The van der Waals surface area contributed by atoms with Gasteiger partial charge in [0.2, 0.25) is 0 Å². The molecule has 4 amide bonds. The highest BCUT2D eigenvalue weighted by molar-refractivity contribution is 8.03. The van der Waals surface area contributed by atoms with Crippen LogP contribution in [0.4, 0.5) is 9.93 Å². The molecule has 17 nitrogen and oxygen atoms in total. The molecule has 2 atom stereocenters. The van der Waals surface area contributed by atoms with Crippen LogP contribution in [-0.2, 0) is 19.2 Å². The number of hydrogen-bond donors (Lipinski definition) is 6. The zero-order valence-electron chi connectivity index (χ0n) is 21.4. The van der Waals surface area contributed by atoms with E-state index in [-0.39, 0.29) is 28.0 Å². The zero-order chi connectivity index (χ0) is 29.4. The van der Waals surface area contributed by atoms with Crippen LogP contribution in [0.15, 0.2) is 49.9 Å². The first-order chi connectivity index (χ1) is 19.6. The maximum absolute atomic E-state index is 13.1. The topological polar surface area (TPSA) is 233 Å². The highest BCUT2D eigenvalue weighted by atomic mass is 32.2. The minimum absolute atomic E-state index is 0.133. The summed E-state index contributed by atoms with van der Waals surface area (Å²) in [6, 6.07) is -1.58. The van der Waals surface area contributed by atoms with Crippen LogP contribution in [0.25, 0.3) is 0 Å². The number of oxime groups is 1. The van der Waals surface area contributed by atoms with Crippen molar-refractivity contribution in [3.05, 3.63) is 45.5 Å². The van der Waals surface area contributed by atoms with E-state index >= 15 is 0 Å². The third-order valence-corrected chi connectivity index (χ3v) is 9.06. The molecule has 4 aliphatic rings. The number of rotatable bonds is 8. The molecule has 1 aromatic rings. The van der Waals surface area contributed by atoms with Crippen LogP contribution >= 0.6 is 34.9 Å². The number of nitrogens with zero attached hydrogens (tertiary/aromatic N) is 6. The largest absolute Gasteiger partial charge is 0.477 e. The van der Waals surface area contributed by atoms with Gasteiger partial charge in [0.15, 0.2) is 16.7 Å². The number of anilines is 1. The maximum Gasteiger partial charge on any atom is 0.352 e. The van der Waals surface area contributed by atoms with Gasteiger partial charge in [0.1, 0.15) is 29.9 Å². The second-order valence-electron chi connectivity index (χ2n) is 8.58. The molecule has 5 heterocycles. The van der Waals surface area contributed by atoms with E-state index < -0.39 is 35.2 Å². The number of amides is 4. The zero-order valence-corrected chi connectivity index (χ0v) is 23.8. The van der Waals surface area contributed by atoms with Crippen molar-refractivity contribution < 1.29 is 29.1 Å². The molecule has 8 N–H and O–H groups in total. The lowest BCUT2D eigenvalue weighted by Crippen LogP contribution is -2.71. The van der Waals surface area contributed by atoms with E-state index in [1.54, 1.807) is 18.0 Å². The number of thioether (sulfide) groups is 2. The molecule has 5 rings (SSSR count). The van der Waals surface area contributed by atoms with E-state index in [1.165, 1.54) is 47.1 Å². The quantitative estimate of drug-likeness (QED) is 0.0693. The fraction of sp³-hybridized carbons (Fsp3) is 0.286. The number of hydrogen-bond acceptors (Lipinski definition) is 15. The average molecular weight is 622 g/mol. The molecular formula is C21H23N11O6S3. The Hall–Kier alpha value is -4.11. The number of fused-ring (bicyclic) bond motifs is 2. The normalized spacial score (nSPS) is 21.8. The van der Waals surface area contributed by atoms with E-state index in [2.05, 4.69) is 26.0 Å². The Morgan fingerprint density at radius 1 is 1.39 bits per heavy atom. The Morgan fingerprint density at radius 2 is 2.17 bits per heavy atom. The lowest BCUT2D eigenvalue weighted by Gasteiger charge is -2.49. The number of aliphatic carboxylic acids is 1. The van der Waals surface area contributed by atoms with Crippen molar-refractivity contribution in [1.82, 2.24) is 36.2 Å². The standard InChI is InChI=1S/C21H23N11O6S3/c1-8-3-12(32-11(24-8)4-30(29-32)21(37)27-23)39-5-9-6-40-18-14(17(34)31(18)15(9)19(35)36)26-16(33)13(28-38-2)10-7-41-20(22)25-10/h3-4,7,14,18,29H,5-6,23H2,1-2H3,(H2,22,25)(H,26,33)(H,27,37)(H,35,36)/t14-,18-/m1/s1. The lowest BCUT2D eigenvalue weighted by atomic mass is 10.0. The Labute approximate surface area is 244 Å². The molecule has 1 aromatic heterocycles. The van der Waals surface area contributed by atoms with Crippen LogP contribution < -0.4 is 27.9 Å². The average Bonchev–Trinajstić information content (AvgIpc) is 3.58. The van der Waals surface area contributed by atoms with Crippen molar-refractivity contribution in [2.75, 3.05) is 24.3 Å². The number of nitrogens with two attached hydrogens (primary N) is 2. The molecule has 4 aliphatic heterocycles. The second-order valence-corrected chi connectivity index (χ2v) is 11.6. The number of hydrazine groups is 3. The summed E-state index contributed by atoms with van der Waals surface area (Å²) < 4.78 is 0. The summed E-state index contributed by atoms with van der Waals surface area (Å²) in [5, 5.41) is 20.8. The number of thiazole rings is 1. The number of aromatic nitrogens is 1. The van der Waals surface area contributed by atoms with Crippen LogP contribution in [-0.4, -0.2) is 90.3 Å². The molecule has 1 fully saturated rings. The number of carbonyl (C=O) groups is 4. The van der Waals surface area contributed by atoms with Gasteiger partial charge in [-0.05, 0) is 18.6 Å². The first-order valence-electron chi connectivity index (χ1n) is 11.6.